The number of rotatable bonds is 5. The highest BCUT2D eigenvalue weighted by Gasteiger charge is 2.29. The van der Waals surface area contributed by atoms with E-state index >= 15 is 0 Å². The third-order valence-electron chi connectivity index (χ3n) is 6.02. The van der Waals surface area contributed by atoms with Gasteiger partial charge in [-0.2, -0.15) is 9.40 Å². The summed E-state index contributed by atoms with van der Waals surface area (Å²) in [5, 5.41) is 4.52. The van der Waals surface area contributed by atoms with Crippen LogP contribution in [-0.2, 0) is 14.8 Å². The van der Waals surface area contributed by atoms with Crippen LogP contribution in [0.5, 0.6) is 0 Å². The second kappa shape index (κ2) is 9.52. The van der Waals surface area contributed by atoms with E-state index in [2.05, 4.69) is 5.10 Å². The number of nitrogens with zero attached hydrogens (tertiary/aromatic N) is 4. The molecule has 1 saturated heterocycles. The van der Waals surface area contributed by atoms with Gasteiger partial charge in [0.05, 0.1) is 16.3 Å². The van der Waals surface area contributed by atoms with Gasteiger partial charge in [-0.1, -0.05) is 17.7 Å². The van der Waals surface area contributed by atoms with Crippen LogP contribution in [0.15, 0.2) is 59.5 Å². The zero-order chi connectivity index (χ0) is 24.5. The highest BCUT2D eigenvalue weighted by Crippen LogP contribution is 2.21. The van der Waals surface area contributed by atoms with E-state index in [9.17, 15) is 17.6 Å². The summed E-state index contributed by atoms with van der Waals surface area (Å²) in [5.74, 6) is -0.497. The Morgan fingerprint density at radius 1 is 0.941 bits per heavy atom. The minimum atomic E-state index is -3.58. The van der Waals surface area contributed by atoms with Crippen molar-refractivity contribution in [2.75, 3.05) is 26.2 Å². The van der Waals surface area contributed by atoms with Crippen molar-refractivity contribution in [3.8, 4) is 5.69 Å². The van der Waals surface area contributed by atoms with Gasteiger partial charge in [0.15, 0.2) is 0 Å². The molecule has 178 valence electrons. The molecule has 0 aliphatic carbocycles. The van der Waals surface area contributed by atoms with Crippen molar-refractivity contribution in [1.29, 1.82) is 0 Å². The van der Waals surface area contributed by atoms with Crippen LogP contribution in [0.4, 0.5) is 4.39 Å². The first-order chi connectivity index (χ1) is 16.2. The van der Waals surface area contributed by atoms with E-state index in [1.165, 1.54) is 22.5 Å². The summed E-state index contributed by atoms with van der Waals surface area (Å²) in [7, 11) is -3.58. The molecule has 0 unspecified atom stereocenters. The van der Waals surface area contributed by atoms with E-state index in [1.807, 2.05) is 20.8 Å². The molecule has 9 heteroatoms. The molecule has 4 rings (SSSR count). The maximum Gasteiger partial charge on any atom is 0.246 e. The lowest BCUT2D eigenvalue weighted by atomic mass is 10.1. The van der Waals surface area contributed by atoms with Gasteiger partial charge < -0.3 is 4.90 Å². The van der Waals surface area contributed by atoms with E-state index in [1.54, 1.807) is 52.1 Å². The van der Waals surface area contributed by atoms with Crippen LogP contribution in [0.1, 0.15) is 22.5 Å². The minimum Gasteiger partial charge on any atom is -0.337 e. The van der Waals surface area contributed by atoms with Gasteiger partial charge in [0, 0.05) is 43.5 Å². The number of piperazine rings is 1. The highest BCUT2D eigenvalue weighted by atomic mass is 32.2. The molecule has 1 aliphatic rings. The molecule has 0 saturated carbocycles. The Hall–Kier alpha value is -3.30. The van der Waals surface area contributed by atoms with E-state index in [4.69, 9.17) is 0 Å². The van der Waals surface area contributed by atoms with Crippen molar-refractivity contribution in [2.45, 2.75) is 25.7 Å². The molecule has 0 spiro atoms. The second-order valence-electron chi connectivity index (χ2n) is 8.35. The number of hydrogen-bond donors (Lipinski definition) is 0. The van der Waals surface area contributed by atoms with Crippen molar-refractivity contribution < 1.29 is 17.6 Å². The maximum absolute atomic E-state index is 13.2. The molecule has 2 heterocycles. The van der Waals surface area contributed by atoms with Gasteiger partial charge in [0.25, 0.3) is 0 Å². The minimum absolute atomic E-state index is 0.180. The molecule has 3 aromatic rings. The molecule has 1 aromatic heterocycles. The number of hydrogen-bond acceptors (Lipinski definition) is 4. The lowest BCUT2D eigenvalue weighted by Gasteiger charge is -2.33. The van der Waals surface area contributed by atoms with Crippen LogP contribution in [0.25, 0.3) is 11.8 Å². The van der Waals surface area contributed by atoms with Gasteiger partial charge in [-0.25, -0.2) is 17.5 Å². The molecule has 0 N–H and O–H groups in total. The van der Waals surface area contributed by atoms with Crippen LogP contribution in [0, 0.1) is 26.6 Å². The molecule has 0 bridgehead atoms. The average Bonchev–Trinajstić information content (AvgIpc) is 3.11. The van der Waals surface area contributed by atoms with Crippen LogP contribution in [-0.4, -0.2) is 59.5 Å². The summed E-state index contributed by atoms with van der Waals surface area (Å²) in [6.45, 7) is 6.79. The Morgan fingerprint density at radius 2 is 1.56 bits per heavy atom. The van der Waals surface area contributed by atoms with Crippen molar-refractivity contribution in [3.63, 3.8) is 0 Å². The Labute approximate surface area is 199 Å². The first-order valence-electron chi connectivity index (χ1n) is 11.0. The van der Waals surface area contributed by atoms with Crippen molar-refractivity contribution in [2.24, 2.45) is 0 Å². The molecule has 0 radical (unpaired) electrons. The fraction of sp³-hybridized carbons (Fsp3) is 0.280. The fourth-order valence-corrected chi connectivity index (χ4v) is 5.42. The third kappa shape index (κ3) is 4.80. The van der Waals surface area contributed by atoms with Gasteiger partial charge in [0.1, 0.15) is 5.82 Å². The first kappa shape index (κ1) is 23.8. The molecular formula is C25H27FN4O3S. The number of amides is 1. The molecular weight excluding hydrogens is 455 g/mol. The van der Waals surface area contributed by atoms with E-state index in [-0.39, 0.29) is 29.7 Å². The highest BCUT2D eigenvalue weighted by molar-refractivity contribution is 7.89. The third-order valence-corrected chi connectivity index (χ3v) is 7.93. The summed E-state index contributed by atoms with van der Waals surface area (Å²) in [4.78, 5) is 14.7. The summed E-state index contributed by atoms with van der Waals surface area (Å²) in [6.07, 6.45) is 3.23. The summed E-state index contributed by atoms with van der Waals surface area (Å²) in [5.41, 5.74) is 4.13. The fourth-order valence-electron chi connectivity index (χ4n) is 4.00. The number of benzene rings is 2. The largest absolute Gasteiger partial charge is 0.337 e. The molecule has 0 atom stereocenters. The quantitative estimate of drug-likeness (QED) is 0.522. The summed E-state index contributed by atoms with van der Waals surface area (Å²) < 4.78 is 42.1. The van der Waals surface area contributed by atoms with Gasteiger partial charge in [0.2, 0.25) is 15.9 Å². The lowest BCUT2D eigenvalue weighted by molar-refractivity contribution is -0.127. The maximum atomic E-state index is 13.2. The van der Waals surface area contributed by atoms with E-state index < -0.39 is 10.0 Å². The van der Waals surface area contributed by atoms with Gasteiger partial charge in [-0.3, -0.25) is 4.79 Å². The van der Waals surface area contributed by atoms with E-state index in [0.29, 0.717) is 13.1 Å². The Kier molecular flexibility index (Phi) is 6.67. The molecule has 7 nitrogen and oxygen atoms in total. The van der Waals surface area contributed by atoms with Crippen LogP contribution in [0.3, 0.4) is 0 Å². The summed E-state index contributed by atoms with van der Waals surface area (Å²) in [6, 6.07) is 12.8. The number of carbonyl (C=O) groups is 1. The predicted molar refractivity (Wildman–Crippen MR) is 129 cm³/mol. The number of carbonyl (C=O) groups excluding carboxylic acids is 1. The normalized spacial score (nSPS) is 15.2. The number of sulfonamides is 1. The summed E-state index contributed by atoms with van der Waals surface area (Å²) >= 11 is 0. The first-order valence-corrected chi connectivity index (χ1v) is 12.5. The standard InChI is InChI=1S/C25H27FN4O3S/c1-18-4-10-23(11-5-18)34(32,33)29-16-14-28(15-17-29)25(31)13-12-24-19(2)27-30(20(24)3)22-8-6-21(26)7-9-22/h4-13H,14-17H2,1-3H3/b13-12+. The van der Waals surface area contributed by atoms with Crippen molar-refractivity contribution >= 4 is 22.0 Å². The Bertz CT molecular complexity index is 1320. The smallest absolute Gasteiger partial charge is 0.246 e. The van der Waals surface area contributed by atoms with Gasteiger partial charge in [-0.15, -0.1) is 0 Å². The van der Waals surface area contributed by atoms with Gasteiger partial charge >= 0.3 is 0 Å². The average molecular weight is 483 g/mol. The second-order valence-corrected chi connectivity index (χ2v) is 10.3. The SMILES string of the molecule is Cc1ccc(S(=O)(=O)N2CCN(C(=O)/C=C/c3c(C)nn(-c4ccc(F)cc4)c3C)CC2)cc1. The molecule has 34 heavy (non-hydrogen) atoms. The molecule has 1 aliphatic heterocycles. The Balaban J connectivity index is 1.42. The van der Waals surface area contributed by atoms with Crippen LogP contribution < -0.4 is 0 Å². The number of aryl methyl sites for hydroxylation is 2. The zero-order valence-corrected chi connectivity index (χ0v) is 20.2. The molecule has 1 fully saturated rings. The molecule has 1 amide bonds. The predicted octanol–water partition coefficient (Wildman–Crippen LogP) is 3.48. The van der Waals surface area contributed by atoms with Crippen LogP contribution in [0.2, 0.25) is 0 Å². The monoisotopic (exact) mass is 482 g/mol. The number of halogens is 1. The van der Waals surface area contributed by atoms with Gasteiger partial charge in [-0.05, 0) is 63.2 Å². The Morgan fingerprint density at radius 3 is 2.18 bits per heavy atom. The van der Waals surface area contributed by atoms with Crippen molar-refractivity contribution in [3.05, 3.63) is 82.9 Å². The van der Waals surface area contributed by atoms with Crippen molar-refractivity contribution in [1.82, 2.24) is 19.0 Å². The zero-order valence-electron chi connectivity index (χ0n) is 19.4. The number of aromatic nitrogens is 2. The topological polar surface area (TPSA) is 75.5 Å². The van der Waals surface area contributed by atoms with E-state index in [0.717, 1.165) is 28.2 Å². The van der Waals surface area contributed by atoms with Crippen LogP contribution >= 0.6 is 0 Å². The molecule has 2 aromatic carbocycles. The lowest BCUT2D eigenvalue weighted by Crippen LogP contribution is -2.50.